The second kappa shape index (κ2) is 6.05. The topological polar surface area (TPSA) is 58.3 Å². The molecule has 3 nitrogen and oxygen atoms in total. The van der Waals surface area contributed by atoms with E-state index in [0.29, 0.717) is 16.9 Å². The molecule has 2 rings (SSSR count). The van der Waals surface area contributed by atoms with E-state index in [-0.39, 0.29) is 18.7 Å². The molecule has 2 aromatic rings. The average Bonchev–Trinajstić information content (AvgIpc) is 2.45. The Morgan fingerprint density at radius 2 is 1.76 bits per heavy atom. The number of nitrogen functional groups attached to an aromatic ring is 1. The van der Waals surface area contributed by atoms with Gasteiger partial charge in [-0.05, 0) is 29.8 Å². The van der Waals surface area contributed by atoms with Gasteiger partial charge in [-0.25, -0.2) is 0 Å². The van der Waals surface area contributed by atoms with Gasteiger partial charge >= 0.3 is 6.18 Å². The van der Waals surface area contributed by atoms with Crippen molar-refractivity contribution >= 4 is 11.4 Å². The second-order valence-electron chi connectivity index (χ2n) is 4.50. The third-order valence-corrected chi connectivity index (χ3v) is 2.99. The van der Waals surface area contributed by atoms with Crippen molar-refractivity contribution in [2.24, 2.45) is 0 Å². The normalized spacial score (nSPS) is 11.4. The van der Waals surface area contributed by atoms with E-state index in [1.54, 1.807) is 18.2 Å². The quantitative estimate of drug-likeness (QED) is 0.758. The molecule has 0 aromatic heterocycles. The summed E-state index contributed by atoms with van der Waals surface area (Å²) in [5.41, 5.74) is 6.25. The average molecular weight is 296 g/mol. The van der Waals surface area contributed by atoms with E-state index in [4.69, 9.17) is 10.8 Å². The van der Waals surface area contributed by atoms with Gasteiger partial charge in [0.15, 0.2) is 0 Å². The lowest BCUT2D eigenvalue weighted by Gasteiger charge is -2.17. The van der Waals surface area contributed by atoms with Crippen LogP contribution in [-0.2, 0) is 6.18 Å². The summed E-state index contributed by atoms with van der Waals surface area (Å²) in [5.74, 6) is 0. The molecule has 0 saturated carbocycles. The van der Waals surface area contributed by atoms with Crippen LogP contribution in [0.2, 0.25) is 0 Å². The molecule has 0 heterocycles. The first-order valence-corrected chi connectivity index (χ1v) is 6.34. The molecule has 112 valence electrons. The number of nitrogens with two attached hydrogens (primary N) is 1. The minimum Gasteiger partial charge on any atom is -0.399 e. The number of rotatable bonds is 4. The van der Waals surface area contributed by atoms with E-state index in [1.165, 1.54) is 18.2 Å². The lowest BCUT2D eigenvalue weighted by atomic mass is 9.97. The van der Waals surface area contributed by atoms with Crippen molar-refractivity contribution in [1.29, 1.82) is 0 Å². The van der Waals surface area contributed by atoms with Gasteiger partial charge in [0.1, 0.15) is 0 Å². The molecule has 2 aromatic carbocycles. The molecule has 0 bridgehead atoms. The first-order valence-electron chi connectivity index (χ1n) is 6.34. The summed E-state index contributed by atoms with van der Waals surface area (Å²) in [5, 5.41) is 11.8. The van der Waals surface area contributed by atoms with Crippen LogP contribution in [0.4, 0.5) is 24.5 Å². The Hall–Kier alpha value is -2.21. The maximum Gasteiger partial charge on any atom is 0.417 e. The summed E-state index contributed by atoms with van der Waals surface area (Å²) < 4.78 is 39.4. The molecule has 4 N–H and O–H groups in total. The molecule has 0 saturated heterocycles. The van der Waals surface area contributed by atoms with Crippen LogP contribution in [0.15, 0.2) is 42.5 Å². The Labute approximate surface area is 120 Å². The summed E-state index contributed by atoms with van der Waals surface area (Å²) >= 11 is 0. The molecule has 21 heavy (non-hydrogen) atoms. The number of hydrogen-bond donors (Lipinski definition) is 3. The van der Waals surface area contributed by atoms with Gasteiger partial charge in [0.05, 0.1) is 12.2 Å². The number of anilines is 2. The Kier molecular flexibility index (Phi) is 4.37. The number of alkyl halides is 3. The second-order valence-corrected chi connectivity index (χ2v) is 4.50. The summed E-state index contributed by atoms with van der Waals surface area (Å²) in [6.45, 7) is 0.121. The van der Waals surface area contributed by atoms with Crippen LogP contribution < -0.4 is 11.1 Å². The van der Waals surface area contributed by atoms with E-state index in [1.807, 2.05) is 0 Å². The van der Waals surface area contributed by atoms with Crippen molar-refractivity contribution in [1.82, 2.24) is 0 Å². The lowest BCUT2D eigenvalue weighted by molar-refractivity contribution is -0.137. The Bertz CT molecular complexity index is 627. The predicted octanol–water partition coefficient (Wildman–Crippen LogP) is 3.36. The van der Waals surface area contributed by atoms with Crippen LogP contribution >= 0.6 is 0 Å². The Balaban J connectivity index is 2.58. The van der Waals surface area contributed by atoms with E-state index in [2.05, 4.69) is 5.32 Å². The number of hydrogen-bond acceptors (Lipinski definition) is 3. The number of benzene rings is 2. The lowest BCUT2D eigenvalue weighted by Crippen LogP contribution is -2.10. The molecular weight excluding hydrogens is 281 g/mol. The van der Waals surface area contributed by atoms with Gasteiger partial charge in [-0.2, -0.15) is 13.2 Å². The van der Waals surface area contributed by atoms with Gasteiger partial charge in [-0.3, -0.25) is 0 Å². The fraction of sp³-hybridized carbons (Fsp3) is 0.200. The maximum atomic E-state index is 13.1. The zero-order valence-electron chi connectivity index (χ0n) is 11.1. The fourth-order valence-electron chi connectivity index (χ4n) is 2.09. The maximum absolute atomic E-state index is 13.1. The zero-order chi connectivity index (χ0) is 15.5. The van der Waals surface area contributed by atoms with E-state index >= 15 is 0 Å². The molecule has 0 radical (unpaired) electrons. The van der Waals surface area contributed by atoms with Crippen molar-refractivity contribution in [2.75, 3.05) is 24.2 Å². The molecule has 0 spiro atoms. The first kappa shape index (κ1) is 15.2. The Morgan fingerprint density at radius 3 is 2.43 bits per heavy atom. The van der Waals surface area contributed by atoms with Gasteiger partial charge in [0.2, 0.25) is 0 Å². The van der Waals surface area contributed by atoms with Gasteiger partial charge in [-0.15, -0.1) is 0 Å². The van der Waals surface area contributed by atoms with Crippen LogP contribution in [0, 0.1) is 0 Å². The first-order chi connectivity index (χ1) is 9.93. The number of nitrogens with one attached hydrogen (secondary N) is 1. The highest BCUT2D eigenvalue weighted by atomic mass is 19.4. The highest BCUT2D eigenvalue weighted by molar-refractivity contribution is 5.82. The van der Waals surface area contributed by atoms with Gasteiger partial charge in [0.25, 0.3) is 0 Å². The standard InChI is InChI=1S/C15H15F3N2O/c16-15(17,18)13-4-2-1-3-11(13)12-9-10(19)5-6-14(12)20-7-8-21/h1-6,9,20-21H,7-8,19H2. The zero-order valence-corrected chi connectivity index (χ0v) is 11.1. The summed E-state index contributed by atoms with van der Waals surface area (Å²) in [6, 6.07) is 10.0. The van der Waals surface area contributed by atoms with Crippen molar-refractivity contribution in [3.63, 3.8) is 0 Å². The van der Waals surface area contributed by atoms with Crippen LogP contribution in [0.5, 0.6) is 0 Å². The largest absolute Gasteiger partial charge is 0.417 e. The molecule has 0 aliphatic carbocycles. The predicted molar refractivity (Wildman–Crippen MR) is 76.9 cm³/mol. The van der Waals surface area contributed by atoms with Crippen molar-refractivity contribution in [3.05, 3.63) is 48.0 Å². The molecule has 0 amide bonds. The van der Waals surface area contributed by atoms with Crippen LogP contribution in [-0.4, -0.2) is 18.3 Å². The third kappa shape index (κ3) is 3.46. The summed E-state index contributed by atoms with van der Waals surface area (Å²) in [4.78, 5) is 0. The summed E-state index contributed by atoms with van der Waals surface area (Å²) in [7, 11) is 0. The van der Waals surface area contributed by atoms with E-state index < -0.39 is 11.7 Å². The Morgan fingerprint density at radius 1 is 1.05 bits per heavy atom. The van der Waals surface area contributed by atoms with E-state index in [9.17, 15) is 13.2 Å². The SMILES string of the molecule is Nc1ccc(NCCO)c(-c2ccccc2C(F)(F)F)c1. The summed E-state index contributed by atoms with van der Waals surface area (Å²) in [6.07, 6.45) is -4.45. The minimum atomic E-state index is -4.45. The van der Waals surface area contributed by atoms with Crippen LogP contribution in [0.25, 0.3) is 11.1 Å². The van der Waals surface area contributed by atoms with Crippen LogP contribution in [0.3, 0.4) is 0 Å². The molecule has 0 fully saturated rings. The van der Waals surface area contributed by atoms with Crippen LogP contribution in [0.1, 0.15) is 5.56 Å². The van der Waals surface area contributed by atoms with E-state index in [0.717, 1.165) is 6.07 Å². The van der Waals surface area contributed by atoms with Gasteiger partial charge in [-0.1, -0.05) is 18.2 Å². The van der Waals surface area contributed by atoms with Gasteiger partial charge < -0.3 is 16.2 Å². The highest BCUT2D eigenvalue weighted by Gasteiger charge is 2.33. The number of aliphatic hydroxyl groups is 1. The van der Waals surface area contributed by atoms with Gasteiger partial charge in [0, 0.05) is 23.5 Å². The molecular formula is C15H15F3N2O. The van der Waals surface area contributed by atoms with Crippen molar-refractivity contribution in [3.8, 4) is 11.1 Å². The third-order valence-electron chi connectivity index (χ3n) is 2.99. The molecule has 0 aliphatic heterocycles. The number of aliphatic hydroxyl groups excluding tert-OH is 1. The molecule has 0 atom stereocenters. The fourth-order valence-corrected chi connectivity index (χ4v) is 2.09. The molecule has 0 unspecified atom stereocenters. The molecule has 0 aliphatic rings. The molecule has 6 heteroatoms. The highest BCUT2D eigenvalue weighted by Crippen LogP contribution is 2.40. The minimum absolute atomic E-state index is 0.0535. The van der Waals surface area contributed by atoms with Crippen molar-refractivity contribution < 1.29 is 18.3 Å². The number of halogens is 3. The smallest absolute Gasteiger partial charge is 0.399 e. The monoisotopic (exact) mass is 296 g/mol. The van der Waals surface area contributed by atoms with Crippen molar-refractivity contribution in [2.45, 2.75) is 6.18 Å².